The zero-order valence-electron chi connectivity index (χ0n) is 17.7. The molecule has 0 bridgehead atoms. The number of methoxy groups -OCH3 is 2. The Morgan fingerprint density at radius 1 is 1.27 bits per heavy atom. The van der Waals surface area contributed by atoms with Crippen molar-refractivity contribution < 1.29 is 23.8 Å². The number of fused-ring (bicyclic) bond motifs is 1. The first-order valence-electron chi connectivity index (χ1n) is 9.54. The number of carbonyl (C=O) groups is 2. The van der Waals surface area contributed by atoms with Crippen LogP contribution in [0.15, 0.2) is 49.1 Å². The van der Waals surface area contributed by atoms with Crippen LogP contribution in [0.25, 0.3) is 0 Å². The minimum atomic E-state index is -0.681. The molecule has 0 spiro atoms. The van der Waals surface area contributed by atoms with Gasteiger partial charge in [-0.3, -0.25) is 9.59 Å². The van der Waals surface area contributed by atoms with Gasteiger partial charge >= 0.3 is 0 Å². The molecule has 3 rings (SSSR count). The minimum absolute atomic E-state index is 0.0425. The summed E-state index contributed by atoms with van der Waals surface area (Å²) in [6.07, 6.45) is 1.67. The number of nitrogens with zero attached hydrogens (tertiary/aromatic N) is 1. The lowest BCUT2D eigenvalue weighted by Crippen LogP contribution is -2.42. The van der Waals surface area contributed by atoms with E-state index in [-0.39, 0.29) is 18.4 Å². The van der Waals surface area contributed by atoms with Crippen molar-refractivity contribution in [2.24, 2.45) is 5.41 Å². The summed E-state index contributed by atoms with van der Waals surface area (Å²) in [7, 11) is 3.00. The molecule has 30 heavy (non-hydrogen) atoms. The summed E-state index contributed by atoms with van der Waals surface area (Å²) in [4.78, 5) is 27.4. The first kappa shape index (κ1) is 21.2. The number of para-hydroxylation sites is 1. The van der Waals surface area contributed by atoms with Crippen LogP contribution in [0.1, 0.15) is 24.2 Å². The van der Waals surface area contributed by atoms with Crippen molar-refractivity contribution in [3.8, 4) is 17.2 Å². The molecule has 1 N–H and O–H groups in total. The monoisotopic (exact) mass is 410 g/mol. The highest BCUT2D eigenvalue weighted by Gasteiger charge is 2.37. The van der Waals surface area contributed by atoms with Gasteiger partial charge in [0.2, 0.25) is 5.91 Å². The van der Waals surface area contributed by atoms with E-state index in [1.54, 1.807) is 47.4 Å². The quantitative estimate of drug-likeness (QED) is 0.731. The van der Waals surface area contributed by atoms with Gasteiger partial charge in [0.25, 0.3) is 5.91 Å². The molecule has 0 atom stereocenters. The summed E-state index contributed by atoms with van der Waals surface area (Å²) in [5.41, 5.74) is 0.841. The van der Waals surface area contributed by atoms with Crippen LogP contribution in [0, 0.1) is 5.41 Å². The molecule has 1 heterocycles. The van der Waals surface area contributed by atoms with Crippen LogP contribution in [0.2, 0.25) is 0 Å². The minimum Gasteiger partial charge on any atom is -0.493 e. The van der Waals surface area contributed by atoms with E-state index in [4.69, 9.17) is 14.2 Å². The number of rotatable bonds is 6. The van der Waals surface area contributed by atoms with Gasteiger partial charge in [0.1, 0.15) is 12.4 Å². The van der Waals surface area contributed by atoms with E-state index in [1.807, 2.05) is 13.8 Å². The molecule has 0 aromatic heterocycles. The Kier molecular flexibility index (Phi) is 6.01. The molecule has 0 saturated heterocycles. The van der Waals surface area contributed by atoms with Gasteiger partial charge < -0.3 is 24.4 Å². The molecular weight excluding hydrogens is 384 g/mol. The Morgan fingerprint density at radius 3 is 2.70 bits per heavy atom. The zero-order chi connectivity index (χ0) is 21.9. The van der Waals surface area contributed by atoms with E-state index >= 15 is 0 Å². The number of ether oxygens (including phenoxy) is 3. The molecular formula is C23H26N2O5. The maximum Gasteiger partial charge on any atom is 0.259 e. The third-order valence-corrected chi connectivity index (χ3v) is 4.88. The molecule has 2 aromatic carbocycles. The number of anilines is 2. The van der Waals surface area contributed by atoms with E-state index in [2.05, 4.69) is 11.9 Å². The van der Waals surface area contributed by atoms with E-state index in [0.29, 0.717) is 40.7 Å². The number of hydrogen-bond acceptors (Lipinski definition) is 5. The standard InChI is InChI=1S/C23H26N2O5/c1-6-12-25-17-11-10-15(13-19(17)30-14-23(2,3)22(25)27)24-21(26)16-8-7-9-18(28-4)20(16)29-5/h6-11,13H,1,12,14H2,2-5H3,(H,24,26). The van der Waals surface area contributed by atoms with Crippen molar-refractivity contribution in [1.82, 2.24) is 0 Å². The average molecular weight is 410 g/mol. The number of hydrogen-bond donors (Lipinski definition) is 1. The molecule has 0 saturated carbocycles. The van der Waals surface area contributed by atoms with Gasteiger partial charge in [0.05, 0.1) is 30.9 Å². The van der Waals surface area contributed by atoms with Gasteiger partial charge in [-0.25, -0.2) is 0 Å². The zero-order valence-corrected chi connectivity index (χ0v) is 17.7. The Morgan fingerprint density at radius 2 is 2.03 bits per heavy atom. The fraction of sp³-hybridized carbons (Fsp3) is 0.304. The van der Waals surface area contributed by atoms with E-state index < -0.39 is 5.41 Å². The highest BCUT2D eigenvalue weighted by atomic mass is 16.5. The lowest BCUT2D eigenvalue weighted by Gasteiger charge is -2.27. The van der Waals surface area contributed by atoms with Gasteiger partial charge in [0, 0.05) is 18.3 Å². The number of nitrogens with one attached hydrogen (secondary N) is 1. The third-order valence-electron chi connectivity index (χ3n) is 4.88. The Bertz CT molecular complexity index is 984. The fourth-order valence-corrected chi connectivity index (χ4v) is 3.30. The Labute approximate surface area is 176 Å². The van der Waals surface area contributed by atoms with Crippen LogP contribution in [0.3, 0.4) is 0 Å². The van der Waals surface area contributed by atoms with Crippen LogP contribution in [0.5, 0.6) is 17.2 Å². The van der Waals surface area contributed by atoms with Crippen molar-refractivity contribution in [3.63, 3.8) is 0 Å². The maximum atomic E-state index is 12.9. The molecule has 1 aliphatic heterocycles. The number of carbonyl (C=O) groups excluding carboxylic acids is 2. The summed E-state index contributed by atoms with van der Waals surface area (Å²) < 4.78 is 16.5. The molecule has 1 aliphatic rings. The second-order valence-electron chi connectivity index (χ2n) is 7.55. The van der Waals surface area contributed by atoms with E-state index in [9.17, 15) is 9.59 Å². The normalized spacial score (nSPS) is 14.8. The van der Waals surface area contributed by atoms with Gasteiger partial charge in [-0.2, -0.15) is 0 Å². The van der Waals surface area contributed by atoms with Crippen molar-refractivity contribution in [3.05, 3.63) is 54.6 Å². The van der Waals surface area contributed by atoms with Gasteiger partial charge in [0.15, 0.2) is 11.5 Å². The summed E-state index contributed by atoms with van der Waals surface area (Å²) in [5, 5.41) is 2.86. The highest BCUT2D eigenvalue weighted by Crippen LogP contribution is 2.38. The Balaban J connectivity index is 1.92. The number of amides is 2. The van der Waals surface area contributed by atoms with E-state index in [1.165, 1.54) is 14.2 Å². The second kappa shape index (κ2) is 8.49. The summed E-state index contributed by atoms with van der Waals surface area (Å²) >= 11 is 0. The molecule has 0 radical (unpaired) electrons. The largest absolute Gasteiger partial charge is 0.493 e. The van der Waals surface area contributed by atoms with Crippen LogP contribution >= 0.6 is 0 Å². The second-order valence-corrected chi connectivity index (χ2v) is 7.55. The summed E-state index contributed by atoms with van der Waals surface area (Å²) in [6, 6.07) is 10.3. The maximum absolute atomic E-state index is 12.9. The molecule has 7 heteroatoms. The van der Waals surface area contributed by atoms with Crippen molar-refractivity contribution in [1.29, 1.82) is 0 Å². The van der Waals surface area contributed by atoms with Crippen molar-refractivity contribution in [2.45, 2.75) is 13.8 Å². The van der Waals surface area contributed by atoms with Crippen molar-refractivity contribution >= 4 is 23.2 Å². The lowest BCUT2D eigenvalue weighted by atomic mass is 9.93. The van der Waals surface area contributed by atoms with Gasteiger partial charge in [-0.15, -0.1) is 6.58 Å². The highest BCUT2D eigenvalue weighted by molar-refractivity contribution is 6.07. The summed E-state index contributed by atoms with van der Waals surface area (Å²) in [5.74, 6) is 0.952. The molecule has 2 aromatic rings. The van der Waals surface area contributed by atoms with Crippen molar-refractivity contribution in [2.75, 3.05) is 37.6 Å². The Hall–Kier alpha value is -3.48. The molecule has 7 nitrogen and oxygen atoms in total. The molecule has 0 unspecified atom stereocenters. The molecule has 2 amide bonds. The smallest absolute Gasteiger partial charge is 0.259 e. The van der Waals surface area contributed by atoms with Crippen LogP contribution in [-0.4, -0.2) is 39.2 Å². The predicted octanol–water partition coefficient (Wildman–Crippen LogP) is 3.89. The molecule has 0 fully saturated rings. The van der Waals surface area contributed by atoms with E-state index in [0.717, 1.165) is 0 Å². The first-order valence-corrected chi connectivity index (χ1v) is 9.54. The van der Waals surface area contributed by atoms with Gasteiger partial charge in [-0.05, 0) is 38.1 Å². The van der Waals surface area contributed by atoms with Gasteiger partial charge in [-0.1, -0.05) is 12.1 Å². The first-order chi connectivity index (χ1) is 14.3. The number of benzene rings is 2. The molecule has 0 aliphatic carbocycles. The lowest BCUT2D eigenvalue weighted by molar-refractivity contribution is -0.127. The topological polar surface area (TPSA) is 77.1 Å². The molecule has 158 valence electrons. The van der Waals surface area contributed by atoms with Crippen LogP contribution in [0.4, 0.5) is 11.4 Å². The average Bonchev–Trinajstić information content (AvgIpc) is 2.83. The summed E-state index contributed by atoms with van der Waals surface area (Å²) in [6.45, 7) is 8.03. The third kappa shape index (κ3) is 3.96. The predicted molar refractivity (Wildman–Crippen MR) is 116 cm³/mol. The van der Waals surface area contributed by atoms with Crippen LogP contribution < -0.4 is 24.4 Å². The SMILES string of the molecule is C=CCN1C(=O)C(C)(C)COc2cc(NC(=O)c3cccc(OC)c3OC)ccc21. The van der Waals surface area contributed by atoms with Crippen LogP contribution in [-0.2, 0) is 4.79 Å². The fourth-order valence-electron chi connectivity index (χ4n) is 3.30.